The van der Waals surface area contributed by atoms with Crippen LogP contribution in [0.2, 0.25) is 0 Å². The van der Waals surface area contributed by atoms with E-state index in [2.05, 4.69) is 70.2 Å². The molecule has 8 amide bonds. The zero-order valence-corrected chi connectivity index (χ0v) is 74.8. The first-order valence-corrected chi connectivity index (χ1v) is 45.9. The van der Waals surface area contributed by atoms with E-state index >= 15 is 0 Å². The number of carbonyl (C=O) groups is 8. The summed E-state index contributed by atoms with van der Waals surface area (Å²) < 4.78 is 55.8. The lowest BCUT2D eigenvalue weighted by molar-refractivity contribution is -0.123. The molecule has 32 nitrogen and oxygen atoms in total. The Morgan fingerprint density at radius 1 is 0.210 bits per heavy atom. The number of rotatable bonds is 68. The van der Waals surface area contributed by atoms with Crippen LogP contribution in [-0.2, 0) is 38.4 Å². The maximum Gasteiger partial charge on any atom is 0.257 e. The van der Waals surface area contributed by atoms with Gasteiger partial charge in [-0.05, 0) is 49.9 Å². The van der Waals surface area contributed by atoms with Crippen LogP contribution in [0.5, 0.6) is 46.0 Å². The first-order chi connectivity index (χ1) is 60.4. The number of unbranched alkanes of at least 4 members (excludes halogenated alkanes) is 20. The third-order valence-corrected chi connectivity index (χ3v) is 21.6. The second-order valence-corrected chi connectivity index (χ2v) is 31.6. The van der Waals surface area contributed by atoms with Crippen molar-refractivity contribution in [2.24, 2.45) is 45.9 Å². The van der Waals surface area contributed by atoms with Crippen LogP contribution in [-0.4, -0.2) is 205 Å². The summed E-state index contributed by atoms with van der Waals surface area (Å²) >= 11 is 0. The zero-order valence-electron chi connectivity index (χ0n) is 74.8. The molecular formula is C92H152N16O16. The highest BCUT2D eigenvalue weighted by Crippen LogP contribution is 2.54. The predicted molar refractivity (Wildman–Crippen MR) is 486 cm³/mol. The number of amides is 8. The number of nitrogens with one attached hydrogen (secondary N) is 8. The van der Waals surface area contributed by atoms with E-state index in [4.69, 9.17) is 83.8 Å². The van der Waals surface area contributed by atoms with Gasteiger partial charge in [-0.15, -0.1) is 0 Å². The smallest absolute Gasteiger partial charge is 0.257 e. The van der Waals surface area contributed by atoms with Crippen molar-refractivity contribution in [2.75, 3.05) is 158 Å². The summed E-state index contributed by atoms with van der Waals surface area (Å²) in [5, 5.41) is 22.9. The SMILES string of the molecule is CCCCCCCCC1c2cc(c(OCC(=O)NCCN)cc2OCC(=O)NCCN)C(CCCCCCCC)c2cc(c(OCC(=O)NCCN)cc2OCC(=O)NCCN)C(CCCCCCCC)c2cc(c(OCC(=O)NCCN)cc2OCC(=O)NCCN)C(CCCCCCCC)c2cc1c(OCC(=O)NCCN)cc2OCC(=O)NCCN. The van der Waals surface area contributed by atoms with Crippen molar-refractivity contribution < 1.29 is 76.3 Å². The van der Waals surface area contributed by atoms with Gasteiger partial charge in [0.05, 0.1) is 0 Å². The average molecular weight is 1740 g/mol. The molecule has 1 aliphatic carbocycles. The third kappa shape index (κ3) is 38.7. The number of benzene rings is 4. The van der Waals surface area contributed by atoms with Gasteiger partial charge in [0.2, 0.25) is 0 Å². The van der Waals surface area contributed by atoms with Gasteiger partial charge in [0.1, 0.15) is 46.0 Å². The number of ether oxygens (including phenoxy) is 8. The monoisotopic (exact) mass is 1740 g/mol. The second-order valence-electron chi connectivity index (χ2n) is 31.6. The predicted octanol–water partition coefficient (Wildman–Crippen LogP) is 7.16. The van der Waals surface area contributed by atoms with Gasteiger partial charge in [-0.1, -0.05) is 182 Å². The fraction of sp³-hybridized carbons (Fsp3) is 0.652. The summed E-state index contributed by atoms with van der Waals surface area (Å²) in [7, 11) is 0. The Balaban J connectivity index is 2.39. The van der Waals surface area contributed by atoms with Crippen molar-refractivity contribution >= 4 is 47.3 Å². The molecular weight excluding hydrogens is 1590 g/mol. The van der Waals surface area contributed by atoms with Gasteiger partial charge >= 0.3 is 0 Å². The molecule has 0 spiro atoms. The minimum Gasteiger partial charge on any atom is -0.483 e. The topological polar surface area (TPSA) is 515 Å². The zero-order chi connectivity index (χ0) is 89.9. The molecule has 124 heavy (non-hydrogen) atoms. The van der Waals surface area contributed by atoms with Gasteiger partial charge in [-0.2, -0.15) is 0 Å². The molecule has 5 rings (SSSR count). The molecule has 4 aromatic carbocycles. The van der Waals surface area contributed by atoms with Crippen molar-refractivity contribution in [1.29, 1.82) is 0 Å². The summed E-state index contributed by atoms with van der Waals surface area (Å²) in [5.41, 5.74) is 52.3. The Morgan fingerprint density at radius 3 is 0.468 bits per heavy atom. The van der Waals surface area contributed by atoms with Gasteiger partial charge in [0.25, 0.3) is 47.3 Å². The van der Waals surface area contributed by atoms with Crippen LogP contribution < -0.4 is 126 Å². The van der Waals surface area contributed by atoms with E-state index in [-0.39, 0.29) is 151 Å². The molecule has 1 aliphatic rings. The standard InChI is InChI=1S/C92H152N16O16/c1-5-9-13-17-21-25-29-65-69-49-71(79(119-59-87(111)103-43-35-95)53-77(69)117-57-85(109)101-41-33-93)66(30-26-22-18-14-10-6-2)73-51-75(83(123-63-91(115)107-47-39-99)55-81(73)121-61-89(113)105-45-37-97)68(32-28-24-20-16-12-8-4)76-52-74(82(122-62-90(114)106-46-38-98)56-84(76)124-64-92(116)108-48-40-100)67(31-27-23-19-15-11-7-3)72-50-70(65)78(118-58-86(110)102-42-34-94)54-80(72)120-60-88(112)104-44-36-96/h49-56,65-68H,5-48,57-64,93-100H2,1-4H3,(H,101,109)(H,102,110)(H,103,111)(H,104,112)(H,105,113)(H,106,114)(H,107,115)(H,108,116). The largest absolute Gasteiger partial charge is 0.483 e. The molecule has 0 saturated heterocycles. The second kappa shape index (κ2) is 63.6. The van der Waals surface area contributed by atoms with Crippen molar-refractivity contribution in [3.63, 3.8) is 0 Å². The number of fused-ring (bicyclic) bond motifs is 8. The Bertz CT molecular complexity index is 3130. The van der Waals surface area contributed by atoms with Crippen LogP contribution in [0.4, 0.5) is 0 Å². The molecule has 696 valence electrons. The van der Waals surface area contributed by atoms with E-state index in [1.807, 2.05) is 24.3 Å². The molecule has 32 heteroatoms. The lowest BCUT2D eigenvalue weighted by Crippen LogP contribution is -2.33. The van der Waals surface area contributed by atoms with Crippen molar-refractivity contribution in [3.05, 3.63) is 93.0 Å². The quantitative estimate of drug-likeness (QED) is 0.0195. The minimum atomic E-state index is -0.826. The van der Waals surface area contributed by atoms with Crippen molar-refractivity contribution in [2.45, 2.75) is 231 Å². The maximum absolute atomic E-state index is 14.3. The summed E-state index contributed by atoms with van der Waals surface area (Å²) in [6.45, 7) is 6.67. The van der Waals surface area contributed by atoms with Gasteiger partial charge in [-0.3, -0.25) is 38.4 Å². The molecule has 8 bridgehead atoms. The van der Waals surface area contributed by atoms with Crippen LogP contribution in [0.1, 0.15) is 276 Å². The first-order valence-electron chi connectivity index (χ1n) is 45.9. The number of carbonyl (C=O) groups excluding carboxylic acids is 8. The van der Waals surface area contributed by atoms with Crippen LogP contribution in [0, 0.1) is 0 Å². The molecule has 0 heterocycles. The highest BCUT2D eigenvalue weighted by Gasteiger charge is 2.37. The lowest BCUT2D eigenvalue weighted by atomic mass is 9.76. The van der Waals surface area contributed by atoms with E-state index < -0.39 is 124 Å². The van der Waals surface area contributed by atoms with E-state index in [0.29, 0.717) is 95.9 Å². The Hall–Kier alpha value is -9.28. The number of nitrogens with two attached hydrogens (primary N) is 8. The Kier molecular flexibility index (Phi) is 54.0. The van der Waals surface area contributed by atoms with Crippen LogP contribution in [0.25, 0.3) is 0 Å². The molecule has 0 unspecified atom stereocenters. The van der Waals surface area contributed by atoms with Gasteiger partial charge in [0, 0.05) is 197 Å². The first kappa shape index (κ1) is 105. The highest BCUT2D eigenvalue weighted by molar-refractivity contribution is 5.82. The molecule has 4 aromatic rings. The fourth-order valence-corrected chi connectivity index (χ4v) is 15.2. The lowest BCUT2D eigenvalue weighted by Gasteiger charge is -2.32. The summed E-state index contributed by atoms with van der Waals surface area (Å²) in [6, 6.07) is 14.9. The molecule has 24 N–H and O–H groups in total. The van der Waals surface area contributed by atoms with E-state index in [1.54, 1.807) is 24.3 Å². The summed E-state index contributed by atoms with van der Waals surface area (Å²) in [4.78, 5) is 114. The van der Waals surface area contributed by atoms with Gasteiger partial charge in [0.15, 0.2) is 52.9 Å². The maximum atomic E-state index is 14.3. The van der Waals surface area contributed by atoms with Gasteiger partial charge in [-0.25, -0.2) is 0 Å². The van der Waals surface area contributed by atoms with Crippen LogP contribution in [0.15, 0.2) is 48.5 Å². The van der Waals surface area contributed by atoms with Crippen LogP contribution >= 0.6 is 0 Å². The summed E-state index contributed by atoms with van der Waals surface area (Å²) in [5.74, 6) is -5.79. The third-order valence-electron chi connectivity index (χ3n) is 21.6. The van der Waals surface area contributed by atoms with Crippen molar-refractivity contribution in [1.82, 2.24) is 42.5 Å². The molecule has 0 saturated carbocycles. The molecule has 0 aliphatic heterocycles. The number of hydrogen-bond donors (Lipinski definition) is 16. The van der Waals surface area contributed by atoms with Crippen molar-refractivity contribution in [3.8, 4) is 46.0 Å². The fourth-order valence-electron chi connectivity index (χ4n) is 15.2. The minimum absolute atomic E-state index is 0.135. The molecule has 0 fully saturated rings. The Morgan fingerprint density at radius 2 is 0.339 bits per heavy atom. The van der Waals surface area contributed by atoms with Gasteiger partial charge < -0.3 is 126 Å². The van der Waals surface area contributed by atoms with Crippen LogP contribution in [0.3, 0.4) is 0 Å². The van der Waals surface area contributed by atoms with E-state index in [1.165, 1.54) is 0 Å². The number of hydrogen-bond acceptors (Lipinski definition) is 24. The summed E-state index contributed by atoms with van der Waals surface area (Å²) in [6.07, 6.45) is 22.3. The van der Waals surface area contributed by atoms with E-state index in [9.17, 15) is 38.4 Å². The molecule has 0 atom stereocenters. The Labute approximate surface area is 736 Å². The molecule has 0 radical (unpaired) electrons. The highest BCUT2D eigenvalue weighted by atomic mass is 16.5. The average Bonchev–Trinajstić information content (AvgIpc) is 0.744. The molecule has 0 aromatic heterocycles. The normalized spacial score (nSPS) is 14.0. The van der Waals surface area contributed by atoms with E-state index in [0.717, 1.165) is 128 Å².